The average Bonchev–Trinajstić information content (AvgIpc) is 2.19. The zero-order valence-corrected chi connectivity index (χ0v) is 11.3. The van der Waals surface area contributed by atoms with Crippen LogP contribution >= 0.6 is 0 Å². The highest BCUT2D eigenvalue weighted by atomic mass is 16.4. The second-order valence-corrected chi connectivity index (χ2v) is 5.32. The van der Waals surface area contributed by atoms with Crippen LogP contribution < -0.4 is 5.32 Å². The lowest BCUT2D eigenvalue weighted by Crippen LogP contribution is -2.56. The van der Waals surface area contributed by atoms with E-state index in [2.05, 4.69) is 29.1 Å². The predicted octanol–water partition coefficient (Wildman–Crippen LogP) is 0.0735. The maximum atomic E-state index is 11.2. The van der Waals surface area contributed by atoms with E-state index in [-0.39, 0.29) is 6.04 Å². The second kappa shape index (κ2) is 6.33. The summed E-state index contributed by atoms with van der Waals surface area (Å²) < 4.78 is 0. The Bertz CT molecular complexity index is 258. The molecule has 2 N–H and O–H groups in total. The summed E-state index contributed by atoms with van der Waals surface area (Å²) in [5, 5.41) is 12.3. The quantitative estimate of drug-likeness (QED) is 0.716. The van der Waals surface area contributed by atoms with Crippen molar-refractivity contribution in [3.8, 4) is 0 Å². The number of rotatable bonds is 5. The molecule has 0 saturated carbocycles. The number of likely N-dealkylation sites (N-methyl/N-ethyl adjacent to an activating group) is 1. The first-order valence-electron chi connectivity index (χ1n) is 6.31. The molecule has 1 saturated heterocycles. The standard InChI is InChI=1S/C12H25N3O2/c1-9(2)13-11(12(16)17)8-15-6-5-14(4)7-10(15)3/h9-11,13H,5-8H2,1-4H3,(H,16,17). The lowest BCUT2D eigenvalue weighted by molar-refractivity contribution is -0.140. The Kier molecular flexibility index (Phi) is 5.36. The fourth-order valence-electron chi connectivity index (χ4n) is 2.29. The highest BCUT2D eigenvalue weighted by Crippen LogP contribution is 2.08. The van der Waals surface area contributed by atoms with Gasteiger partial charge >= 0.3 is 5.97 Å². The molecule has 0 aromatic rings. The molecular formula is C12H25N3O2. The van der Waals surface area contributed by atoms with Crippen molar-refractivity contribution in [1.82, 2.24) is 15.1 Å². The number of nitrogens with zero attached hydrogens (tertiary/aromatic N) is 2. The lowest BCUT2D eigenvalue weighted by Gasteiger charge is -2.39. The molecule has 0 aliphatic carbocycles. The van der Waals surface area contributed by atoms with Gasteiger partial charge in [0.15, 0.2) is 0 Å². The first kappa shape index (κ1) is 14.4. The Hall–Kier alpha value is -0.650. The highest BCUT2D eigenvalue weighted by Gasteiger charge is 2.27. The van der Waals surface area contributed by atoms with Gasteiger partial charge in [0.1, 0.15) is 6.04 Å². The van der Waals surface area contributed by atoms with Crippen molar-refractivity contribution in [3.05, 3.63) is 0 Å². The van der Waals surface area contributed by atoms with Crippen LogP contribution in [0, 0.1) is 0 Å². The van der Waals surface area contributed by atoms with Gasteiger partial charge in [0.25, 0.3) is 0 Å². The van der Waals surface area contributed by atoms with Crippen molar-refractivity contribution in [2.45, 2.75) is 38.9 Å². The molecule has 0 aromatic heterocycles. The minimum absolute atomic E-state index is 0.193. The Labute approximate surface area is 104 Å². The van der Waals surface area contributed by atoms with Crippen LogP contribution in [0.2, 0.25) is 0 Å². The van der Waals surface area contributed by atoms with Gasteiger partial charge in [0.05, 0.1) is 0 Å². The van der Waals surface area contributed by atoms with E-state index in [9.17, 15) is 9.90 Å². The van der Waals surface area contributed by atoms with Crippen LogP contribution in [0.1, 0.15) is 20.8 Å². The molecule has 0 amide bonds. The first-order valence-corrected chi connectivity index (χ1v) is 6.31. The molecule has 2 atom stereocenters. The van der Waals surface area contributed by atoms with E-state index in [0.717, 1.165) is 19.6 Å². The van der Waals surface area contributed by atoms with E-state index in [0.29, 0.717) is 12.6 Å². The van der Waals surface area contributed by atoms with Crippen molar-refractivity contribution < 1.29 is 9.90 Å². The van der Waals surface area contributed by atoms with E-state index in [4.69, 9.17) is 0 Å². The highest BCUT2D eigenvalue weighted by molar-refractivity contribution is 5.73. The molecule has 0 bridgehead atoms. The number of hydrogen-bond acceptors (Lipinski definition) is 4. The summed E-state index contributed by atoms with van der Waals surface area (Å²) in [7, 11) is 2.11. The molecule has 1 aliphatic rings. The van der Waals surface area contributed by atoms with Gasteiger partial charge in [0, 0.05) is 38.3 Å². The molecule has 5 heteroatoms. The summed E-state index contributed by atoms with van der Waals surface area (Å²) in [5.41, 5.74) is 0. The van der Waals surface area contributed by atoms with Gasteiger partial charge in [-0.2, -0.15) is 0 Å². The van der Waals surface area contributed by atoms with E-state index < -0.39 is 12.0 Å². The van der Waals surface area contributed by atoms with Crippen LogP contribution in [-0.2, 0) is 4.79 Å². The minimum Gasteiger partial charge on any atom is -0.480 e. The molecule has 0 aromatic carbocycles. The maximum Gasteiger partial charge on any atom is 0.322 e. The van der Waals surface area contributed by atoms with Crippen LogP contribution in [0.4, 0.5) is 0 Å². The molecule has 0 spiro atoms. The van der Waals surface area contributed by atoms with Crippen LogP contribution in [0.5, 0.6) is 0 Å². The van der Waals surface area contributed by atoms with Crippen LogP contribution in [0.3, 0.4) is 0 Å². The first-order chi connectivity index (χ1) is 7.90. The monoisotopic (exact) mass is 243 g/mol. The number of piperazine rings is 1. The summed E-state index contributed by atoms with van der Waals surface area (Å²) in [6.07, 6.45) is 0. The fraction of sp³-hybridized carbons (Fsp3) is 0.917. The van der Waals surface area contributed by atoms with Crippen molar-refractivity contribution in [2.75, 3.05) is 33.2 Å². The van der Waals surface area contributed by atoms with E-state index in [1.54, 1.807) is 0 Å². The van der Waals surface area contributed by atoms with Gasteiger partial charge in [-0.05, 0) is 14.0 Å². The van der Waals surface area contributed by atoms with Gasteiger partial charge in [-0.15, -0.1) is 0 Å². The van der Waals surface area contributed by atoms with Crippen LogP contribution in [0.15, 0.2) is 0 Å². The molecule has 1 aliphatic heterocycles. The third-order valence-electron chi connectivity index (χ3n) is 3.22. The van der Waals surface area contributed by atoms with E-state index in [1.807, 2.05) is 13.8 Å². The number of carboxylic acid groups (broad SMARTS) is 1. The van der Waals surface area contributed by atoms with Crippen LogP contribution in [-0.4, -0.2) is 72.2 Å². The minimum atomic E-state index is -0.759. The Balaban J connectivity index is 2.51. The van der Waals surface area contributed by atoms with Crippen molar-refractivity contribution in [1.29, 1.82) is 0 Å². The van der Waals surface area contributed by atoms with Gasteiger partial charge in [-0.1, -0.05) is 13.8 Å². The Morgan fingerprint density at radius 2 is 2.12 bits per heavy atom. The second-order valence-electron chi connectivity index (χ2n) is 5.32. The fourth-order valence-corrected chi connectivity index (χ4v) is 2.29. The van der Waals surface area contributed by atoms with Crippen molar-refractivity contribution in [3.63, 3.8) is 0 Å². The summed E-state index contributed by atoms with van der Waals surface area (Å²) in [6.45, 7) is 9.66. The molecule has 1 fully saturated rings. The zero-order chi connectivity index (χ0) is 13.0. The number of aliphatic carboxylic acids is 1. The average molecular weight is 243 g/mol. The Morgan fingerprint density at radius 1 is 1.47 bits per heavy atom. The number of carboxylic acids is 1. The maximum absolute atomic E-state index is 11.2. The molecule has 1 rings (SSSR count). The van der Waals surface area contributed by atoms with Gasteiger partial charge in [-0.3, -0.25) is 9.69 Å². The SMILES string of the molecule is CC(C)NC(CN1CCN(C)CC1C)C(=O)O. The molecule has 17 heavy (non-hydrogen) atoms. The van der Waals surface area contributed by atoms with E-state index in [1.165, 1.54) is 0 Å². The predicted molar refractivity (Wildman–Crippen MR) is 68.2 cm³/mol. The third-order valence-corrected chi connectivity index (χ3v) is 3.22. The summed E-state index contributed by atoms with van der Waals surface area (Å²) in [6, 6.07) is 0.143. The molecule has 1 heterocycles. The zero-order valence-electron chi connectivity index (χ0n) is 11.3. The Morgan fingerprint density at radius 3 is 2.59 bits per heavy atom. The normalized spacial score (nSPS) is 25.1. The third kappa shape index (κ3) is 4.61. The number of nitrogens with one attached hydrogen (secondary N) is 1. The topological polar surface area (TPSA) is 55.8 Å². The van der Waals surface area contributed by atoms with Crippen molar-refractivity contribution in [2.24, 2.45) is 0 Å². The number of carbonyl (C=O) groups is 1. The summed E-state index contributed by atoms with van der Waals surface area (Å²) in [5.74, 6) is -0.759. The molecule has 0 radical (unpaired) electrons. The lowest BCUT2D eigenvalue weighted by atomic mass is 10.1. The largest absolute Gasteiger partial charge is 0.480 e. The molecule has 5 nitrogen and oxygen atoms in total. The van der Waals surface area contributed by atoms with Crippen molar-refractivity contribution >= 4 is 5.97 Å². The smallest absolute Gasteiger partial charge is 0.322 e. The summed E-state index contributed by atoms with van der Waals surface area (Å²) in [4.78, 5) is 15.7. The summed E-state index contributed by atoms with van der Waals surface area (Å²) >= 11 is 0. The van der Waals surface area contributed by atoms with E-state index >= 15 is 0 Å². The molecule has 2 unspecified atom stereocenters. The molecule has 100 valence electrons. The molecular weight excluding hydrogens is 218 g/mol. The van der Waals surface area contributed by atoms with Gasteiger partial charge in [-0.25, -0.2) is 0 Å². The van der Waals surface area contributed by atoms with Gasteiger partial charge < -0.3 is 15.3 Å². The number of hydrogen-bond donors (Lipinski definition) is 2. The van der Waals surface area contributed by atoms with Gasteiger partial charge in [0.2, 0.25) is 0 Å². The van der Waals surface area contributed by atoms with Crippen LogP contribution in [0.25, 0.3) is 0 Å².